The van der Waals surface area contributed by atoms with Gasteiger partial charge in [-0.1, -0.05) is 35.0 Å². The fourth-order valence-corrected chi connectivity index (χ4v) is 3.04. The highest BCUT2D eigenvalue weighted by molar-refractivity contribution is 5.89. The van der Waals surface area contributed by atoms with E-state index in [2.05, 4.69) is 25.3 Å². The van der Waals surface area contributed by atoms with Crippen molar-refractivity contribution < 1.29 is 9.23 Å². The maximum Gasteiger partial charge on any atom is 0.192 e. The van der Waals surface area contributed by atoms with E-state index in [4.69, 9.17) is 4.84 Å². The third-order valence-electron chi connectivity index (χ3n) is 4.57. The third-order valence-corrected chi connectivity index (χ3v) is 4.57. The molecule has 0 unspecified atom stereocenters. The molecule has 2 aromatic carbocycles. The summed E-state index contributed by atoms with van der Waals surface area (Å²) in [4.78, 5) is 14.3. The molecule has 3 heterocycles. The van der Waals surface area contributed by atoms with Gasteiger partial charge in [-0.2, -0.15) is 5.10 Å². The van der Waals surface area contributed by atoms with Gasteiger partial charge in [0.05, 0.1) is 23.5 Å². The lowest BCUT2D eigenvalue weighted by Crippen LogP contribution is -1.99. The van der Waals surface area contributed by atoms with Crippen LogP contribution in [0.25, 0.3) is 22.4 Å². The first-order valence-corrected chi connectivity index (χ1v) is 9.23. The fourth-order valence-electron chi connectivity index (χ4n) is 3.04. The summed E-state index contributed by atoms with van der Waals surface area (Å²) in [5, 5.41) is 13.5. The van der Waals surface area contributed by atoms with Crippen LogP contribution < -0.4 is 0 Å². The van der Waals surface area contributed by atoms with Crippen molar-refractivity contribution in [1.29, 1.82) is 0 Å². The zero-order chi connectivity index (χ0) is 20.5. The van der Waals surface area contributed by atoms with Gasteiger partial charge in [0.2, 0.25) is 0 Å². The Balaban J connectivity index is 1.38. The van der Waals surface area contributed by atoms with Gasteiger partial charge in [-0.15, -0.1) is 5.10 Å². The molecular weight excluding hydrogens is 385 g/mol. The van der Waals surface area contributed by atoms with Crippen LogP contribution in [0.2, 0.25) is 0 Å². The van der Waals surface area contributed by atoms with Gasteiger partial charge in [-0.3, -0.25) is 0 Å². The SMILES string of the molecule is Cc1ccc(-n2ncc3c2ncn2nc(CON=Cc4ccc(F)cc4)nc32)cc1. The molecule has 5 rings (SSSR count). The summed E-state index contributed by atoms with van der Waals surface area (Å²) < 4.78 is 16.3. The topological polar surface area (TPSA) is 82.5 Å². The Morgan fingerprint density at radius 1 is 1.07 bits per heavy atom. The first kappa shape index (κ1) is 17.9. The number of hydrogen-bond acceptors (Lipinski definition) is 6. The zero-order valence-electron chi connectivity index (χ0n) is 16.0. The van der Waals surface area contributed by atoms with Gasteiger partial charge in [0.1, 0.15) is 12.1 Å². The van der Waals surface area contributed by atoms with Crippen molar-refractivity contribution in [2.24, 2.45) is 5.16 Å². The largest absolute Gasteiger partial charge is 0.387 e. The molecule has 0 amide bonds. The first-order valence-electron chi connectivity index (χ1n) is 9.23. The van der Waals surface area contributed by atoms with E-state index in [0.717, 1.165) is 16.6 Å². The molecule has 0 saturated heterocycles. The van der Waals surface area contributed by atoms with Gasteiger partial charge in [0, 0.05) is 0 Å². The Morgan fingerprint density at radius 2 is 1.87 bits per heavy atom. The van der Waals surface area contributed by atoms with Crippen molar-refractivity contribution in [2.45, 2.75) is 13.5 Å². The highest BCUT2D eigenvalue weighted by Gasteiger charge is 2.13. The number of hydrogen-bond donors (Lipinski definition) is 0. The Kier molecular flexibility index (Phi) is 4.40. The van der Waals surface area contributed by atoms with Gasteiger partial charge in [0.15, 0.2) is 23.7 Å². The third kappa shape index (κ3) is 3.37. The standard InChI is InChI=1S/C21H16FN7O/c1-14-2-8-17(9-3-14)29-20-18(11-24-29)21-26-19(27-28(21)13-23-20)12-30-25-10-15-4-6-16(22)7-5-15/h2-11,13H,12H2,1H3. The first-order chi connectivity index (χ1) is 14.7. The lowest BCUT2D eigenvalue weighted by molar-refractivity contribution is 0.126. The Morgan fingerprint density at radius 3 is 2.67 bits per heavy atom. The molecular formula is C21H16FN7O. The fraction of sp³-hybridized carbons (Fsp3) is 0.0952. The van der Waals surface area contributed by atoms with Crippen LogP contribution in [0.15, 0.2) is 66.2 Å². The van der Waals surface area contributed by atoms with Crippen molar-refractivity contribution in [2.75, 3.05) is 0 Å². The molecule has 30 heavy (non-hydrogen) atoms. The minimum atomic E-state index is -0.299. The molecule has 0 aliphatic rings. The molecule has 0 fully saturated rings. The highest BCUT2D eigenvalue weighted by atomic mass is 19.1. The van der Waals surface area contributed by atoms with Crippen molar-refractivity contribution >= 4 is 22.9 Å². The Labute approximate surface area is 170 Å². The molecule has 0 radical (unpaired) electrons. The minimum Gasteiger partial charge on any atom is -0.387 e. The van der Waals surface area contributed by atoms with E-state index in [1.54, 1.807) is 33.9 Å². The van der Waals surface area contributed by atoms with Crippen LogP contribution in [-0.2, 0) is 11.4 Å². The second-order valence-electron chi connectivity index (χ2n) is 6.73. The van der Waals surface area contributed by atoms with Gasteiger partial charge in [-0.25, -0.2) is 23.6 Å². The molecule has 0 aliphatic carbocycles. The second kappa shape index (κ2) is 7.36. The summed E-state index contributed by atoms with van der Waals surface area (Å²) in [6, 6.07) is 14.0. The number of halogens is 1. The summed E-state index contributed by atoms with van der Waals surface area (Å²) in [7, 11) is 0. The lowest BCUT2D eigenvalue weighted by Gasteiger charge is -2.03. The molecule has 8 nitrogen and oxygen atoms in total. The van der Waals surface area contributed by atoms with Gasteiger partial charge in [0.25, 0.3) is 0 Å². The summed E-state index contributed by atoms with van der Waals surface area (Å²) >= 11 is 0. The van der Waals surface area contributed by atoms with E-state index in [-0.39, 0.29) is 12.4 Å². The van der Waals surface area contributed by atoms with Crippen LogP contribution in [0.3, 0.4) is 0 Å². The summed E-state index contributed by atoms with van der Waals surface area (Å²) in [6.45, 7) is 2.13. The van der Waals surface area contributed by atoms with Crippen LogP contribution in [-0.4, -0.2) is 35.6 Å². The van der Waals surface area contributed by atoms with E-state index >= 15 is 0 Å². The average molecular weight is 401 g/mol. The van der Waals surface area contributed by atoms with Gasteiger partial charge < -0.3 is 4.84 Å². The van der Waals surface area contributed by atoms with E-state index in [1.165, 1.54) is 23.9 Å². The molecule has 5 aromatic rings. The smallest absolute Gasteiger partial charge is 0.192 e. The highest BCUT2D eigenvalue weighted by Crippen LogP contribution is 2.20. The number of rotatable bonds is 5. The van der Waals surface area contributed by atoms with E-state index < -0.39 is 0 Å². The number of benzene rings is 2. The van der Waals surface area contributed by atoms with Crippen LogP contribution in [0, 0.1) is 12.7 Å². The summed E-state index contributed by atoms with van der Waals surface area (Å²) in [6.07, 6.45) is 4.83. The van der Waals surface area contributed by atoms with E-state index in [0.29, 0.717) is 17.1 Å². The van der Waals surface area contributed by atoms with E-state index in [9.17, 15) is 4.39 Å². The minimum absolute atomic E-state index is 0.0902. The molecule has 3 aromatic heterocycles. The molecule has 0 saturated carbocycles. The quantitative estimate of drug-likeness (QED) is 0.333. The summed E-state index contributed by atoms with van der Waals surface area (Å²) in [5.74, 6) is 0.163. The molecule has 0 atom stereocenters. The predicted molar refractivity (Wildman–Crippen MR) is 109 cm³/mol. The van der Waals surface area contributed by atoms with Gasteiger partial charge >= 0.3 is 0 Å². The maximum absolute atomic E-state index is 12.9. The van der Waals surface area contributed by atoms with Crippen molar-refractivity contribution in [1.82, 2.24) is 29.4 Å². The second-order valence-corrected chi connectivity index (χ2v) is 6.73. The Bertz CT molecular complexity index is 1350. The van der Waals surface area contributed by atoms with Crippen LogP contribution in [0.1, 0.15) is 17.0 Å². The van der Waals surface area contributed by atoms with Crippen LogP contribution in [0.5, 0.6) is 0 Å². The number of fused-ring (bicyclic) bond motifs is 3. The molecule has 0 N–H and O–H groups in total. The van der Waals surface area contributed by atoms with Crippen LogP contribution in [0.4, 0.5) is 4.39 Å². The maximum atomic E-state index is 12.9. The van der Waals surface area contributed by atoms with E-state index in [1.807, 2.05) is 31.2 Å². The van der Waals surface area contributed by atoms with Gasteiger partial charge in [-0.05, 0) is 36.8 Å². The number of oxime groups is 1. The van der Waals surface area contributed by atoms with Crippen molar-refractivity contribution in [3.63, 3.8) is 0 Å². The number of aryl methyl sites for hydroxylation is 1. The van der Waals surface area contributed by atoms with Crippen molar-refractivity contribution in [3.05, 3.63) is 83.8 Å². The molecule has 0 bridgehead atoms. The van der Waals surface area contributed by atoms with Crippen LogP contribution >= 0.6 is 0 Å². The number of aromatic nitrogens is 6. The predicted octanol–water partition coefficient (Wildman–Crippen LogP) is 3.46. The molecule has 9 heteroatoms. The Hall–Kier alpha value is -4.14. The monoisotopic (exact) mass is 401 g/mol. The summed E-state index contributed by atoms with van der Waals surface area (Å²) in [5.41, 5.74) is 4.16. The zero-order valence-corrected chi connectivity index (χ0v) is 16.0. The molecule has 148 valence electrons. The normalized spacial score (nSPS) is 11.7. The average Bonchev–Trinajstić information content (AvgIpc) is 3.37. The molecule has 0 aliphatic heterocycles. The molecule has 0 spiro atoms. The lowest BCUT2D eigenvalue weighted by atomic mass is 10.2. The van der Waals surface area contributed by atoms with Crippen molar-refractivity contribution in [3.8, 4) is 5.69 Å². The number of nitrogens with zero attached hydrogens (tertiary/aromatic N) is 7.